The van der Waals surface area contributed by atoms with Crippen molar-refractivity contribution in [3.63, 3.8) is 0 Å². The Morgan fingerprint density at radius 3 is 0.556 bits per heavy atom. The molecule has 0 fully saturated rings. The van der Waals surface area contributed by atoms with E-state index in [1.54, 1.807) is 0 Å². The molecule has 0 aliphatic heterocycles. The number of hydrogen-bond acceptors (Lipinski definition) is 0. The summed E-state index contributed by atoms with van der Waals surface area (Å²) in [5.41, 5.74) is 0. The lowest BCUT2D eigenvalue weighted by molar-refractivity contribution is 0.823. The van der Waals surface area contributed by atoms with E-state index in [1.807, 2.05) is 36.4 Å². The molecule has 0 amide bonds. The van der Waals surface area contributed by atoms with E-state index >= 15 is 0 Å². The summed E-state index contributed by atoms with van der Waals surface area (Å²) in [5, 5.41) is 0. The maximum absolute atomic E-state index is 2.00. The van der Waals surface area contributed by atoms with Gasteiger partial charge in [-0.1, -0.05) is 36.4 Å². The van der Waals surface area contributed by atoms with Crippen molar-refractivity contribution in [2.24, 2.45) is 0 Å². The van der Waals surface area contributed by atoms with Crippen LogP contribution in [0.5, 0.6) is 0 Å². The molecule has 54 valence electrons. The Morgan fingerprint density at radius 2 is 0.444 bits per heavy atom. The van der Waals surface area contributed by atoms with Crippen molar-refractivity contribution in [3.8, 4) is 0 Å². The van der Waals surface area contributed by atoms with Crippen molar-refractivity contribution in [2.45, 2.75) is 0 Å². The minimum atomic E-state index is 0. The van der Waals surface area contributed by atoms with Crippen molar-refractivity contribution >= 4 is 0 Å². The third-order valence-electron chi connectivity index (χ3n) is 0.667. The SMILES string of the molecule is O.O.O.c1ccccc1. The standard InChI is InChI=1S/C6H6.3H2O/c1-2-4-6-5-3-1;;;/h1-6H;3*1H2. The lowest BCUT2D eigenvalue weighted by Crippen LogP contribution is -1.47. The van der Waals surface area contributed by atoms with Gasteiger partial charge in [0, 0.05) is 0 Å². The van der Waals surface area contributed by atoms with Gasteiger partial charge in [0.15, 0.2) is 0 Å². The maximum atomic E-state index is 2.00. The van der Waals surface area contributed by atoms with E-state index in [4.69, 9.17) is 0 Å². The highest BCUT2D eigenvalue weighted by atomic mass is 16.0. The highest BCUT2D eigenvalue weighted by Crippen LogP contribution is 1.79. The molecule has 0 saturated heterocycles. The van der Waals surface area contributed by atoms with E-state index in [2.05, 4.69) is 0 Å². The fourth-order valence-corrected chi connectivity index (χ4v) is 0.385. The van der Waals surface area contributed by atoms with Crippen LogP contribution in [0.3, 0.4) is 0 Å². The second kappa shape index (κ2) is 10.2. The fourth-order valence-electron chi connectivity index (χ4n) is 0.385. The minimum Gasteiger partial charge on any atom is -0.412 e. The second-order valence-corrected chi connectivity index (χ2v) is 1.15. The van der Waals surface area contributed by atoms with Crippen molar-refractivity contribution in [1.82, 2.24) is 0 Å². The Balaban J connectivity index is -0.000000120. The summed E-state index contributed by atoms with van der Waals surface area (Å²) in [7, 11) is 0. The lowest BCUT2D eigenvalue weighted by atomic mass is 10.4. The van der Waals surface area contributed by atoms with Crippen LogP contribution in [0.2, 0.25) is 0 Å². The van der Waals surface area contributed by atoms with Gasteiger partial charge in [0.25, 0.3) is 0 Å². The van der Waals surface area contributed by atoms with E-state index in [9.17, 15) is 0 Å². The molecular formula is C6H12O3. The van der Waals surface area contributed by atoms with Gasteiger partial charge in [-0.25, -0.2) is 0 Å². The lowest BCUT2D eigenvalue weighted by Gasteiger charge is -1.69. The summed E-state index contributed by atoms with van der Waals surface area (Å²) in [6.07, 6.45) is 0. The van der Waals surface area contributed by atoms with Gasteiger partial charge in [-0.2, -0.15) is 0 Å². The molecule has 0 radical (unpaired) electrons. The Morgan fingerprint density at radius 1 is 0.333 bits per heavy atom. The summed E-state index contributed by atoms with van der Waals surface area (Å²) in [5.74, 6) is 0. The topological polar surface area (TPSA) is 94.5 Å². The van der Waals surface area contributed by atoms with Crippen LogP contribution < -0.4 is 0 Å². The molecule has 3 nitrogen and oxygen atoms in total. The van der Waals surface area contributed by atoms with Gasteiger partial charge in [-0.05, 0) is 0 Å². The molecule has 0 heterocycles. The molecule has 0 atom stereocenters. The van der Waals surface area contributed by atoms with Crippen molar-refractivity contribution in [1.29, 1.82) is 0 Å². The quantitative estimate of drug-likeness (QED) is 0.442. The van der Waals surface area contributed by atoms with Crippen LogP contribution in [0, 0.1) is 0 Å². The van der Waals surface area contributed by atoms with Gasteiger partial charge in [-0.3, -0.25) is 0 Å². The average molecular weight is 132 g/mol. The van der Waals surface area contributed by atoms with Gasteiger partial charge >= 0.3 is 0 Å². The van der Waals surface area contributed by atoms with Gasteiger partial charge in [0.2, 0.25) is 0 Å². The smallest absolute Gasteiger partial charge is 0.0623 e. The van der Waals surface area contributed by atoms with E-state index < -0.39 is 0 Å². The van der Waals surface area contributed by atoms with Gasteiger partial charge in [0.1, 0.15) is 0 Å². The van der Waals surface area contributed by atoms with E-state index in [1.165, 1.54) is 0 Å². The molecule has 0 aliphatic carbocycles. The van der Waals surface area contributed by atoms with Gasteiger partial charge in [0.05, 0.1) is 0 Å². The number of rotatable bonds is 0. The Bertz CT molecular complexity index is 80.2. The van der Waals surface area contributed by atoms with Crippen molar-refractivity contribution in [3.05, 3.63) is 36.4 Å². The molecule has 0 aromatic heterocycles. The normalized spacial score (nSPS) is 5.33. The number of hydrogen-bond donors (Lipinski definition) is 0. The molecular weight excluding hydrogens is 120 g/mol. The summed E-state index contributed by atoms with van der Waals surface area (Å²) in [4.78, 5) is 0. The van der Waals surface area contributed by atoms with E-state index in [0.717, 1.165) is 0 Å². The summed E-state index contributed by atoms with van der Waals surface area (Å²) in [6, 6.07) is 12.0. The molecule has 1 aromatic rings. The first-order valence-corrected chi connectivity index (χ1v) is 2.00. The van der Waals surface area contributed by atoms with Crippen LogP contribution in [0.15, 0.2) is 36.4 Å². The molecule has 0 bridgehead atoms. The zero-order valence-electron chi connectivity index (χ0n) is 4.96. The van der Waals surface area contributed by atoms with Gasteiger partial charge in [-0.15, -0.1) is 0 Å². The molecule has 0 spiro atoms. The molecule has 0 unspecified atom stereocenters. The highest BCUT2D eigenvalue weighted by molar-refractivity contribution is 4.99. The van der Waals surface area contributed by atoms with Crippen molar-refractivity contribution < 1.29 is 16.4 Å². The zero-order valence-corrected chi connectivity index (χ0v) is 4.96. The molecule has 3 heteroatoms. The predicted octanol–water partition coefficient (Wildman–Crippen LogP) is -0.788. The molecule has 6 N–H and O–H groups in total. The summed E-state index contributed by atoms with van der Waals surface area (Å²) < 4.78 is 0. The Kier molecular flexibility index (Phi) is 17.7. The molecule has 1 aromatic carbocycles. The monoisotopic (exact) mass is 132 g/mol. The molecule has 1 rings (SSSR count). The van der Waals surface area contributed by atoms with Crippen LogP contribution in [0.25, 0.3) is 0 Å². The van der Waals surface area contributed by atoms with Crippen molar-refractivity contribution in [2.75, 3.05) is 0 Å². The third kappa shape index (κ3) is 7.10. The third-order valence-corrected chi connectivity index (χ3v) is 0.667. The summed E-state index contributed by atoms with van der Waals surface area (Å²) in [6.45, 7) is 0. The number of benzene rings is 1. The largest absolute Gasteiger partial charge is 0.412 e. The molecule has 0 saturated carbocycles. The second-order valence-electron chi connectivity index (χ2n) is 1.15. The van der Waals surface area contributed by atoms with Crippen LogP contribution in [0.1, 0.15) is 0 Å². The minimum absolute atomic E-state index is 0. The predicted molar refractivity (Wildman–Crippen MR) is 37.3 cm³/mol. The Labute approximate surface area is 53.9 Å². The first-order chi connectivity index (χ1) is 3.00. The Hall–Kier alpha value is -0.900. The molecule has 9 heavy (non-hydrogen) atoms. The van der Waals surface area contributed by atoms with Crippen LogP contribution in [0.4, 0.5) is 0 Å². The maximum Gasteiger partial charge on any atom is -0.0623 e. The van der Waals surface area contributed by atoms with Crippen LogP contribution >= 0.6 is 0 Å². The zero-order chi connectivity index (χ0) is 4.24. The van der Waals surface area contributed by atoms with E-state index in [-0.39, 0.29) is 16.4 Å². The first-order valence-electron chi connectivity index (χ1n) is 2.00. The van der Waals surface area contributed by atoms with Crippen LogP contribution in [-0.2, 0) is 0 Å². The first kappa shape index (κ1) is 15.7. The molecule has 0 aliphatic rings. The van der Waals surface area contributed by atoms with E-state index in [0.29, 0.717) is 0 Å². The van der Waals surface area contributed by atoms with Crippen LogP contribution in [-0.4, -0.2) is 16.4 Å². The fraction of sp³-hybridized carbons (Fsp3) is 0. The summed E-state index contributed by atoms with van der Waals surface area (Å²) >= 11 is 0. The average Bonchev–Trinajstić information content (AvgIpc) is 1.72. The highest BCUT2D eigenvalue weighted by Gasteiger charge is 1.57. The van der Waals surface area contributed by atoms with Gasteiger partial charge < -0.3 is 16.4 Å².